The molecule has 1 N–H and O–H groups in total. The number of rotatable bonds is 2. The van der Waals surface area contributed by atoms with Crippen molar-refractivity contribution in [1.29, 1.82) is 0 Å². The fraction of sp³-hybridized carbons (Fsp3) is 0.200. The number of nitrogens with zero attached hydrogens (tertiary/aromatic N) is 2. The van der Waals surface area contributed by atoms with E-state index in [9.17, 15) is 0 Å². The maximum atomic E-state index is 4.42. The maximum absolute atomic E-state index is 4.42. The second-order valence-corrected chi connectivity index (χ2v) is 6.42. The SMILES string of the molecule is CNc1cc(C)nc(-c2cc(Br)c(Br)s2)n1. The van der Waals surface area contributed by atoms with Crippen molar-refractivity contribution in [2.45, 2.75) is 6.92 Å². The lowest BCUT2D eigenvalue weighted by molar-refractivity contribution is 1.11. The molecule has 0 amide bonds. The molecular weight excluding hydrogens is 354 g/mol. The van der Waals surface area contributed by atoms with Gasteiger partial charge >= 0.3 is 0 Å². The van der Waals surface area contributed by atoms with E-state index in [2.05, 4.69) is 47.1 Å². The van der Waals surface area contributed by atoms with Crippen LogP contribution in [0.15, 0.2) is 20.4 Å². The summed E-state index contributed by atoms with van der Waals surface area (Å²) in [4.78, 5) is 9.89. The van der Waals surface area contributed by atoms with Crippen molar-refractivity contribution in [2.24, 2.45) is 0 Å². The van der Waals surface area contributed by atoms with Crippen LogP contribution in [0.1, 0.15) is 5.69 Å². The summed E-state index contributed by atoms with van der Waals surface area (Å²) in [6, 6.07) is 3.93. The van der Waals surface area contributed by atoms with Crippen LogP contribution in [0, 0.1) is 6.92 Å². The van der Waals surface area contributed by atoms with E-state index in [0.717, 1.165) is 30.5 Å². The number of hydrogen-bond acceptors (Lipinski definition) is 4. The van der Waals surface area contributed by atoms with Gasteiger partial charge in [-0.15, -0.1) is 11.3 Å². The van der Waals surface area contributed by atoms with Crippen LogP contribution >= 0.6 is 43.2 Å². The van der Waals surface area contributed by atoms with Crippen LogP contribution in [-0.2, 0) is 0 Å². The van der Waals surface area contributed by atoms with Crippen LogP contribution < -0.4 is 5.32 Å². The van der Waals surface area contributed by atoms with Gasteiger partial charge in [0.15, 0.2) is 5.82 Å². The van der Waals surface area contributed by atoms with Crippen LogP contribution in [0.25, 0.3) is 10.7 Å². The Morgan fingerprint density at radius 1 is 1.25 bits per heavy atom. The first-order valence-corrected chi connectivity index (χ1v) is 6.99. The van der Waals surface area contributed by atoms with Gasteiger partial charge in [0.25, 0.3) is 0 Å². The Balaban J connectivity index is 2.50. The highest BCUT2D eigenvalue weighted by Gasteiger charge is 2.10. The van der Waals surface area contributed by atoms with Crippen molar-refractivity contribution >= 4 is 49.0 Å². The molecule has 0 aliphatic heterocycles. The third kappa shape index (κ3) is 2.44. The molecule has 0 spiro atoms. The molecule has 16 heavy (non-hydrogen) atoms. The van der Waals surface area contributed by atoms with Gasteiger partial charge in [0.1, 0.15) is 5.82 Å². The standard InChI is InChI=1S/C10H9Br2N3S/c1-5-3-8(13-2)15-10(14-5)7-4-6(11)9(12)16-7/h3-4H,1-2H3,(H,13,14,15). The molecule has 84 valence electrons. The maximum Gasteiger partial charge on any atom is 0.171 e. The molecule has 0 saturated heterocycles. The minimum atomic E-state index is 0.751. The summed E-state index contributed by atoms with van der Waals surface area (Å²) in [6.45, 7) is 1.96. The molecule has 0 unspecified atom stereocenters. The summed E-state index contributed by atoms with van der Waals surface area (Å²) in [7, 11) is 1.85. The van der Waals surface area contributed by atoms with Crippen LogP contribution in [0.5, 0.6) is 0 Å². The van der Waals surface area contributed by atoms with E-state index in [1.54, 1.807) is 11.3 Å². The summed E-state index contributed by atoms with van der Waals surface area (Å²) in [5, 5.41) is 3.03. The molecule has 0 fully saturated rings. The zero-order valence-electron chi connectivity index (χ0n) is 8.71. The molecule has 2 heterocycles. The lowest BCUT2D eigenvalue weighted by Crippen LogP contribution is -1.97. The molecule has 0 aliphatic rings. The summed E-state index contributed by atoms with van der Waals surface area (Å²) >= 11 is 8.54. The summed E-state index contributed by atoms with van der Waals surface area (Å²) < 4.78 is 2.09. The van der Waals surface area contributed by atoms with Crippen LogP contribution in [0.3, 0.4) is 0 Å². The minimum Gasteiger partial charge on any atom is -0.373 e. The molecule has 3 nitrogen and oxygen atoms in total. The van der Waals surface area contributed by atoms with E-state index >= 15 is 0 Å². The van der Waals surface area contributed by atoms with E-state index in [1.807, 2.05) is 26.1 Å². The Labute approximate surface area is 115 Å². The Bertz CT molecular complexity index is 505. The predicted octanol–water partition coefficient (Wildman–Crippen LogP) is 4.08. The molecule has 2 rings (SSSR count). The second kappa shape index (κ2) is 4.81. The molecule has 0 atom stereocenters. The van der Waals surface area contributed by atoms with Gasteiger partial charge in [0, 0.05) is 23.3 Å². The largest absolute Gasteiger partial charge is 0.373 e. The number of aromatic nitrogens is 2. The smallest absolute Gasteiger partial charge is 0.171 e. The number of halogens is 2. The minimum absolute atomic E-state index is 0.751. The molecule has 2 aromatic heterocycles. The summed E-state index contributed by atoms with van der Waals surface area (Å²) in [5.74, 6) is 1.59. The Kier molecular flexibility index (Phi) is 3.61. The Morgan fingerprint density at radius 3 is 2.56 bits per heavy atom. The fourth-order valence-electron chi connectivity index (χ4n) is 1.26. The third-order valence-electron chi connectivity index (χ3n) is 1.98. The van der Waals surface area contributed by atoms with Crippen molar-refractivity contribution in [3.05, 3.63) is 26.1 Å². The van der Waals surface area contributed by atoms with E-state index in [1.165, 1.54) is 0 Å². The van der Waals surface area contributed by atoms with Crippen molar-refractivity contribution in [2.75, 3.05) is 12.4 Å². The lowest BCUT2D eigenvalue weighted by atomic mass is 10.4. The fourth-order valence-corrected chi connectivity index (χ4v) is 3.23. The molecule has 6 heteroatoms. The average molecular weight is 363 g/mol. The molecular formula is C10H9Br2N3S. The zero-order valence-corrected chi connectivity index (χ0v) is 12.7. The van der Waals surface area contributed by atoms with Gasteiger partial charge in [-0.3, -0.25) is 0 Å². The summed E-state index contributed by atoms with van der Waals surface area (Å²) in [6.07, 6.45) is 0. The molecule has 0 saturated carbocycles. The third-order valence-corrected chi connectivity index (χ3v) is 5.23. The summed E-state index contributed by atoms with van der Waals surface area (Å²) in [5.41, 5.74) is 0.954. The number of thiophene rings is 1. The quantitative estimate of drug-likeness (QED) is 0.874. The highest BCUT2D eigenvalue weighted by molar-refractivity contribution is 9.13. The van der Waals surface area contributed by atoms with Crippen molar-refractivity contribution < 1.29 is 0 Å². The van der Waals surface area contributed by atoms with Gasteiger partial charge in [0.2, 0.25) is 0 Å². The number of nitrogens with one attached hydrogen (secondary N) is 1. The van der Waals surface area contributed by atoms with Crippen molar-refractivity contribution in [3.8, 4) is 10.7 Å². The first-order chi connectivity index (χ1) is 7.60. The molecule has 0 radical (unpaired) electrons. The zero-order chi connectivity index (χ0) is 11.7. The van der Waals surface area contributed by atoms with Gasteiger partial charge in [0.05, 0.1) is 8.66 Å². The van der Waals surface area contributed by atoms with Gasteiger partial charge in [-0.05, 0) is 44.8 Å². The highest BCUT2D eigenvalue weighted by Crippen LogP contribution is 2.37. The molecule has 0 aliphatic carbocycles. The number of anilines is 1. The topological polar surface area (TPSA) is 37.8 Å². The number of hydrogen-bond donors (Lipinski definition) is 1. The molecule has 0 bridgehead atoms. The van der Waals surface area contributed by atoms with Crippen LogP contribution in [-0.4, -0.2) is 17.0 Å². The van der Waals surface area contributed by atoms with Crippen molar-refractivity contribution in [3.63, 3.8) is 0 Å². The average Bonchev–Trinajstić information content (AvgIpc) is 2.58. The Hall–Kier alpha value is -0.460. The predicted molar refractivity (Wildman–Crippen MR) is 75.0 cm³/mol. The molecule has 0 aromatic carbocycles. The van der Waals surface area contributed by atoms with Crippen LogP contribution in [0.4, 0.5) is 5.82 Å². The first kappa shape index (κ1) is 12.0. The second-order valence-electron chi connectivity index (χ2n) is 3.20. The van der Waals surface area contributed by atoms with E-state index < -0.39 is 0 Å². The van der Waals surface area contributed by atoms with Gasteiger partial charge in [-0.25, -0.2) is 9.97 Å². The van der Waals surface area contributed by atoms with Gasteiger partial charge < -0.3 is 5.32 Å². The van der Waals surface area contributed by atoms with Gasteiger partial charge in [-0.1, -0.05) is 0 Å². The normalized spacial score (nSPS) is 10.5. The van der Waals surface area contributed by atoms with E-state index in [-0.39, 0.29) is 0 Å². The highest BCUT2D eigenvalue weighted by atomic mass is 79.9. The Morgan fingerprint density at radius 2 is 2.00 bits per heavy atom. The van der Waals surface area contributed by atoms with Gasteiger partial charge in [-0.2, -0.15) is 0 Å². The van der Waals surface area contributed by atoms with Crippen molar-refractivity contribution in [1.82, 2.24) is 9.97 Å². The lowest BCUT2D eigenvalue weighted by Gasteiger charge is -2.03. The number of aryl methyl sites for hydroxylation is 1. The first-order valence-electron chi connectivity index (χ1n) is 4.59. The van der Waals surface area contributed by atoms with Crippen LogP contribution in [0.2, 0.25) is 0 Å². The molecule has 2 aromatic rings. The van der Waals surface area contributed by atoms with E-state index in [4.69, 9.17) is 0 Å². The monoisotopic (exact) mass is 361 g/mol. The van der Waals surface area contributed by atoms with E-state index in [0.29, 0.717) is 0 Å².